The predicted molar refractivity (Wildman–Crippen MR) is 54.2 cm³/mol. The van der Waals surface area contributed by atoms with Crippen LogP contribution in [-0.4, -0.2) is 16.6 Å². The van der Waals surface area contributed by atoms with Crippen LogP contribution in [0, 0.1) is 16.7 Å². The summed E-state index contributed by atoms with van der Waals surface area (Å²) in [6, 6.07) is 4.16. The zero-order valence-corrected chi connectivity index (χ0v) is 8.34. The van der Waals surface area contributed by atoms with Crippen LogP contribution in [0.25, 0.3) is 0 Å². The van der Waals surface area contributed by atoms with Crippen molar-refractivity contribution in [3.05, 3.63) is 40.5 Å². The third-order valence-electron chi connectivity index (χ3n) is 1.75. The van der Waals surface area contributed by atoms with Crippen LogP contribution in [0.5, 0.6) is 5.75 Å². The fourth-order valence-electron chi connectivity index (χ4n) is 1.09. The van der Waals surface area contributed by atoms with E-state index < -0.39 is 4.92 Å². The number of benzene rings is 1. The summed E-state index contributed by atoms with van der Waals surface area (Å²) in [6.07, 6.45) is 0.820. The lowest BCUT2D eigenvalue weighted by atomic mass is 10.2. The second-order valence-electron chi connectivity index (χ2n) is 2.99. The summed E-state index contributed by atoms with van der Waals surface area (Å²) >= 11 is 0. The van der Waals surface area contributed by atoms with Gasteiger partial charge >= 0.3 is 0 Å². The molecule has 0 saturated carbocycles. The van der Waals surface area contributed by atoms with E-state index >= 15 is 0 Å². The molecule has 1 aromatic carbocycles. The first kappa shape index (κ1) is 11.5. The summed E-state index contributed by atoms with van der Waals surface area (Å²) < 4.78 is 5.25. The van der Waals surface area contributed by atoms with Crippen molar-refractivity contribution in [1.82, 2.24) is 0 Å². The van der Waals surface area contributed by atoms with Crippen LogP contribution in [0.2, 0.25) is 0 Å². The molecule has 81 valence electrons. The number of aliphatic hydroxyl groups excluding tert-OH is 1. The molecule has 0 bridgehead atoms. The highest BCUT2D eigenvalue weighted by atomic mass is 16.6. The first-order valence-corrected chi connectivity index (χ1v) is 4.57. The Morgan fingerprint density at radius 2 is 2.27 bits per heavy atom. The molecule has 5 heteroatoms. The van der Waals surface area contributed by atoms with Crippen molar-refractivity contribution in [3.8, 4) is 5.75 Å². The van der Waals surface area contributed by atoms with E-state index in [1.54, 1.807) is 6.07 Å². The first-order valence-electron chi connectivity index (χ1n) is 4.57. The van der Waals surface area contributed by atoms with E-state index in [1.165, 1.54) is 12.1 Å². The fourth-order valence-corrected chi connectivity index (χ4v) is 1.09. The monoisotopic (exact) mass is 210 g/mol. The van der Waals surface area contributed by atoms with E-state index in [0.717, 1.165) is 13.0 Å². The number of rotatable bonds is 5. The molecule has 0 spiro atoms. The summed E-state index contributed by atoms with van der Waals surface area (Å²) in [5.74, 6) is 0.395. The number of nitro benzene ring substituents is 1. The highest BCUT2D eigenvalue weighted by Crippen LogP contribution is 2.23. The smallest absolute Gasteiger partial charge is 0.273 e. The molecule has 0 aromatic heterocycles. The van der Waals surface area contributed by atoms with Crippen LogP contribution < -0.4 is 4.74 Å². The normalized spacial score (nSPS) is 10.0. The maximum Gasteiger partial charge on any atom is 0.273 e. The van der Waals surface area contributed by atoms with Crippen LogP contribution in [-0.2, 0) is 0 Å². The molecule has 0 atom stereocenters. The van der Waals surface area contributed by atoms with Crippen LogP contribution in [0.3, 0.4) is 0 Å². The topological polar surface area (TPSA) is 72.6 Å². The van der Waals surface area contributed by atoms with Crippen molar-refractivity contribution < 1.29 is 14.8 Å². The molecule has 1 aromatic rings. The Morgan fingerprint density at radius 3 is 2.80 bits per heavy atom. The Hall–Kier alpha value is -1.62. The van der Waals surface area contributed by atoms with Gasteiger partial charge in [-0.05, 0) is 18.1 Å². The van der Waals surface area contributed by atoms with Crippen molar-refractivity contribution in [2.75, 3.05) is 6.61 Å². The Labute approximate surface area is 87.5 Å². The number of hydrogen-bond acceptors (Lipinski definition) is 4. The second kappa shape index (κ2) is 5.31. The van der Waals surface area contributed by atoms with Gasteiger partial charge in [0.2, 0.25) is 0 Å². The number of non-ortho nitro benzene ring substituents is 1. The van der Waals surface area contributed by atoms with Gasteiger partial charge in [-0.15, -0.1) is 0 Å². The molecule has 0 aliphatic rings. The highest BCUT2D eigenvalue weighted by molar-refractivity contribution is 5.44. The van der Waals surface area contributed by atoms with Crippen LogP contribution in [0.15, 0.2) is 18.2 Å². The summed E-state index contributed by atoms with van der Waals surface area (Å²) in [5, 5.41) is 19.3. The van der Waals surface area contributed by atoms with Gasteiger partial charge in [-0.1, -0.05) is 6.92 Å². The Kier molecular flexibility index (Phi) is 4.05. The van der Waals surface area contributed by atoms with Crippen LogP contribution >= 0.6 is 0 Å². The maximum atomic E-state index is 10.5. The summed E-state index contributed by atoms with van der Waals surface area (Å²) in [7, 11) is 0. The van der Waals surface area contributed by atoms with Gasteiger partial charge in [0, 0.05) is 6.07 Å². The summed E-state index contributed by atoms with van der Waals surface area (Å²) in [5.41, 5.74) is 0.263. The van der Waals surface area contributed by atoms with Crippen LogP contribution in [0.1, 0.15) is 18.9 Å². The number of aliphatic hydroxyl groups is 1. The number of hydrogen-bond donors (Lipinski definition) is 1. The Morgan fingerprint density at radius 1 is 1.53 bits per heavy atom. The van der Waals surface area contributed by atoms with E-state index in [1.807, 2.05) is 6.92 Å². The van der Waals surface area contributed by atoms with E-state index in [4.69, 9.17) is 9.84 Å². The quantitative estimate of drug-likeness (QED) is 0.597. The molecule has 0 aliphatic heterocycles. The van der Waals surface area contributed by atoms with Crippen molar-refractivity contribution in [2.24, 2.45) is 0 Å². The fraction of sp³-hybridized carbons (Fsp3) is 0.300. The molecule has 0 saturated heterocycles. The van der Waals surface area contributed by atoms with E-state index in [9.17, 15) is 10.1 Å². The average molecular weight is 210 g/mol. The van der Waals surface area contributed by atoms with Gasteiger partial charge in [0.15, 0.2) is 0 Å². The lowest BCUT2D eigenvalue weighted by Gasteiger charge is -2.05. The van der Waals surface area contributed by atoms with E-state index in [0.29, 0.717) is 17.9 Å². The maximum absolute atomic E-state index is 10.5. The third-order valence-corrected chi connectivity index (χ3v) is 1.75. The molecular weight excluding hydrogens is 198 g/mol. The largest absolute Gasteiger partial charge is 0.493 e. The number of nitro groups is 1. The molecule has 1 N–H and O–H groups in total. The van der Waals surface area contributed by atoms with Gasteiger partial charge in [0.1, 0.15) is 12.4 Å². The SMILES string of the molecule is CCCOc1cc([CH]O)cc([N+](=O)[O-])c1. The summed E-state index contributed by atoms with van der Waals surface area (Å²) in [6.45, 7) is 3.24. The standard InChI is InChI=1S/C10H12NO4/c1-2-3-15-10-5-8(7-12)4-9(6-10)11(13)14/h4-7,12H,2-3H2,1H3. The number of nitrogens with zero attached hydrogens (tertiary/aromatic N) is 1. The molecule has 0 heterocycles. The van der Waals surface area contributed by atoms with Crippen molar-refractivity contribution in [1.29, 1.82) is 0 Å². The second-order valence-corrected chi connectivity index (χ2v) is 2.99. The molecule has 1 rings (SSSR count). The first-order chi connectivity index (χ1) is 7.17. The zero-order valence-electron chi connectivity index (χ0n) is 8.34. The molecule has 0 fully saturated rings. The van der Waals surface area contributed by atoms with Crippen LogP contribution in [0.4, 0.5) is 5.69 Å². The molecule has 0 amide bonds. The zero-order chi connectivity index (χ0) is 11.3. The molecule has 15 heavy (non-hydrogen) atoms. The highest BCUT2D eigenvalue weighted by Gasteiger charge is 2.10. The Balaban J connectivity index is 2.95. The van der Waals surface area contributed by atoms with Crippen molar-refractivity contribution in [3.63, 3.8) is 0 Å². The molecular formula is C10H12NO4. The van der Waals surface area contributed by atoms with E-state index in [-0.39, 0.29) is 5.69 Å². The third kappa shape index (κ3) is 3.21. The molecule has 0 aliphatic carbocycles. The van der Waals surface area contributed by atoms with Gasteiger partial charge < -0.3 is 9.84 Å². The lowest BCUT2D eigenvalue weighted by Crippen LogP contribution is -1.97. The molecule has 5 nitrogen and oxygen atoms in total. The minimum absolute atomic E-state index is 0.0936. The van der Waals surface area contributed by atoms with Gasteiger partial charge in [-0.2, -0.15) is 0 Å². The Bertz CT molecular complexity index is 351. The van der Waals surface area contributed by atoms with Crippen molar-refractivity contribution in [2.45, 2.75) is 13.3 Å². The minimum Gasteiger partial charge on any atom is -0.493 e. The van der Waals surface area contributed by atoms with Gasteiger partial charge in [0.25, 0.3) is 5.69 Å². The minimum atomic E-state index is -0.522. The van der Waals surface area contributed by atoms with Gasteiger partial charge in [-0.25, -0.2) is 0 Å². The van der Waals surface area contributed by atoms with Gasteiger partial charge in [-0.3, -0.25) is 10.1 Å². The van der Waals surface area contributed by atoms with E-state index in [2.05, 4.69) is 0 Å². The van der Waals surface area contributed by atoms with Crippen molar-refractivity contribution >= 4 is 5.69 Å². The lowest BCUT2D eigenvalue weighted by molar-refractivity contribution is -0.385. The number of ether oxygens (including phenoxy) is 1. The predicted octanol–water partition coefficient (Wildman–Crippen LogP) is 2.27. The molecule has 1 radical (unpaired) electrons. The van der Waals surface area contributed by atoms with Gasteiger partial charge in [0.05, 0.1) is 17.6 Å². The summed E-state index contributed by atoms with van der Waals surface area (Å²) in [4.78, 5) is 10.0. The molecule has 0 unspecified atom stereocenters. The average Bonchev–Trinajstić information content (AvgIpc) is 2.25.